The number of carbonyl (C=O) groups excluding carboxylic acids is 1. The summed E-state index contributed by atoms with van der Waals surface area (Å²) in [5.74, 6) is 0.0875. The fourth-order valence-electron chi connectivity index (χ4n) is 5.26. The molecule has 1 N–H and O–H groups in total. The van der Waals surface area contributed by atoms with Gasteiger partial charge in [0.1, 0.15) is 0 Å². The topological polar surface area (TPSA) is 46.9 Å². The van der Waals surface area contributed by atoms with Crippen LogP contribution in [-0.2, 0) is 16.8 Å². The second-order valence-electron chi connectivity index (χ2n) is 8.64. The van der Waals surface area contributed by atoms with Gasteiger partial charge in [-0.05, 0) is 35.1 Å². The fraction of sp³-hybridized carbons (Fsp3) is 0.185. The Morgan fingerprint density at radius 2 is 1.65 bits per heavy atom. The summed E-state index contributed by atoms with van der Waals surface area (Å²) in [5.41, 5.74) is 7.14. The molecule has 0 radical (unpaired) electrons. The first-order chi connectivity index (χ1) is 15.2. The average molecular weight is 406 g/mol. The molecule has 3 aromatic carbocycles. The quantitative estimate of drug-likeness (QED) is 0.530. The largest absolute Gasteiger partial charge is 0.353 e. The number of amides is 1. The van der Waals surface area contributed by atoms with Gasteiger partial charge in [0.15, 0.2) is 0 Å². The molecule has 4 nitrogen and oxygen atoms in total. The Labute approximate surface area is 181 Å². The van der Waals surface area contributed by atoms with Crippen LogP contribution in [0, 0.1) is 0 Å². The molecule has 0 unspecified atom stereocenters. The minimum Gasteiger partial charge on any atom is -0.353 e. The monoisotopic (exact) mass is 405 g/mol. The third kappa shape index (κ3) is 2.90. The maximum atomic E-state index is 12.7. The molecule has 1 aliphatic heterocycles. The molecule has 1 aromatic heterocycles. The van der Waals surface area contributed by atoms with E-state index in [1.54, 1.807) is 0 Å². The predicted octanol–water partition coefficient (Wildman–Crippen LogP) is 4.80. The van der Waals surface area contributed by atoms with Crippen molar-refractivity contribution in [2.24, 2.45) is 0 Å². The summed E-state index contributed by atoms with van der Waals surface area (Å²) in [6.45, 7) is 0. The van der Waals surface area contributed by atoms with Crippen LogP contribution in [0.25, 0.3) is 22.4 Å². The number of hydrogen-bond acceptors (Lipinski definition) is 2. The first kappa shape index (κ1) is 18.1. The van der Waals surface area contributed by atoms with Crippen LogP contribution >= 0.6 is 0 Å². The summed E-state index contributed by atoms with van der Waals surface area (Å²) in [5, 5.41) is 3.24. The first-order valence-electron chi connectivity index (χ1n) is 10.8. The summed E-state index contributed by atoms with van der Waals surface area (Å²) in [4.78, 5) is 17.1. The van der Waals surface area contributed by atoms with E-state index >= 15 is 0 Å². The van der Waals surface area contributed by atoms with Gasteiger partial charge in [0.2, 0.25) is 5.91 Å². The van der Waals surface area contributed by atoms with E-state index in [0.29, 0.717) is 6.42 Å². The number of aromatic nitrogens is 2. The molecule has 2 aliphatic rings. The van der Waals surface area contributed by atoms with Crippen molar-refractivity contribution in [1.29, 1.82) is 0 Å². The summed E-state index contributed by atoms with van der Waals surface area (Å²) in [6.07, 6.45) is 6.10. The molecule has 4 aromatic rings. The lowest BCUT2D eigenvalue weighted by atomic mass is 9.68. The third-order valence-electron chi connectivity index (χ3n) is 6.76. The molecular weight excluding hydrogens is 382 g/mol. The number of rotatable bonds is 4. The van der Waals surface area contributed by atoms with E-state index in [1.807, 2.05) is 30.7 Å². The number of nitrogens with one attached hydrogen (secondary N) is 1. The Bertz CT molecular complexity index is 1250. The lowest BCUT2D eigenvalue weighted by Crippen LogP contribution is -2.55. The maximum absolute atomic E-state index is 12.7. The zero-order valence-corrected chi connectivity index (χ0v) is 17.2. The summed E-state index contributed by atoms with van der Waals surface area (Å²) in [7, 11) is 0. The Balaban J connectivity index is 1.12. The SMILES string of the molecule is O=C(Cc1ccc(-c2ccccc2)cc1)NC1CC2(C1)c1ccccc1-c1cncn12. The van der Waals surface area contributed by atoms with Crippen molar-refractivity contribution in [2.45, 2.75) is 30.8 Å². The van der Waals surface area contributed by atoms with Crippen LogP contribution in [0.5, 0.6) is 0 Å². The number of fused-ring (bicyclic) bond motifs is 5. The highest BCUT2D eigenvalue weighted by Crippen LogP contribution is 2.54. The van der Waals surface area contributed by atoms with E-state index in [4.69, 9.17) is 0 Å². The molecule has 0 saturated heterocycles. The Morgan fingerprint density at radius 1 is 0.935 bits per heavy atom. The molecule has 1 fully saturated rings. The van der Waals surface area contributed by atoms with E-state index in [2.05, 4.69) is 75.5 Å². The van der Waals surface area contributed by atoms with Crippen molar-refractivity contribution in [3.05, 3.63) is 103 Å². The van der Waals surface area contributed by atoms with Crippen molar-refractivity contribution >= 4 is 5.91 Å². The van der Waals surface area contributed by atoms with Crippen molar-refractivity contribution in [3.8, 4) is 22.4 Å². The second kappa shape index (κ2) is 6.95. The molecule has 1 amide bonds. The maximum Gasteiger partial charge on any atom is 0.224 e. The molecule has 152 valence electrons. The minimum atomic E-state index is -0.0578. The van der Waals surface area contributed by atoms with Crippen LogP contribution in [0.4, 0.5) is 0 Å². The Hall–Kier alpha value is -3.66. The van der Waals surface area contributed by atoms with Crippen LogP contribution < -0.4 is 5.32 Å². The summed E-state index contributed by atoms with van der Waals surface area (Å²) < 4.78 is 2.29. The van der Waals surface area contributed by atoms with E-state index in [0.717, 1.165) is 18.4 Å². The van der Waals surface area contributed by atoms with Gasteiger partial charge in [-0.3, -0.25) is 4.79 Å². The number of carbonyl (C=O) groups is 1. The van der Waals surface area contributed by atoms with E-state index < -0.39 is 0 Å². The van der Waals surface area contributed by atoms with Crippen molar-refractivity contribution in [3.63, 3.8) is 0 Å². The molecule has 6 rings (SSSR count). The van der Waals surface area contributed by atoms with Gasteiger partial charge in [0.05, 0.1) is 30.2 Å². The molecule has 0 bridgehead atoms. The highest BCUT2D eigenvalue weighted by atomic mass is 16.1. The lowest BCUT2D eigenvalue weighted by molar-refractivity contribution is -0.122. The van der Waals surface area contributed by atoms with Gasteiger partial charge in [-0.15, -0.1) is 0 Å². The van der Waals surface area contributed by atoms with Crippen molar-refractivity contribution in [1.82, 2.24) is 14.9 Å². The standard InChI is InChI=1S/C27H23N3O/c31-26(14-19-10-12-21(13-11-19)20-6-2-1-3-7-20)29-22-15-27(16-22)24-9-5-4-8-23(24)25-17-28-18-30(25)27/h1-13,17-18,22H,14-16H2,(H,29,31). The minimum absolute atomic E-state index is 0.0578. The number of hydrogen-bond donors (Lipinski definition) is 1. The van der Waals surface area contributed by atoms with Crippen LogP contribution in [0.1, 0.15) is 24.0 Å². The molecule has 1 aliphatic carbocycles. The molecule has 1 saturated carbocycles. The van der Waals surface area contributed by atoms with Crippen molar-refractivity contribution in [2.75, 3.05) is 0 Å². The predicted molar refractivity (Wildman–Crippen MR) is 121 cm³/mol. The number of nitrogens with zero attached hydrogens (tertiary/aromatic N) is 2. The highest BCUT2D eigenvalue weighted by molar-refractivity contribution is 5.80. The zero-order valence-electron chi connectivity index (χ0n) is 17.2. The van der Waals surface area contributed by atoms with E-state index in [-0.39, 0.29) is 17.5 Å². The third-order valence-corrected chi connectivity index (χ3v) is 6.76. The lowest BCUT2D eigenvalue weighted by Gasteiger charge is -2.47. The molecule has 2 heterocycles. The van der Waals surface area contributed by atoms with Gasteiger partial charge < -0.3 is 9.88 Å². The summed E-state index contributed by atoms with van der Waals surface area (Å²) in [6, 6.07) is 27.3. The molecule has 4 heteroatoms. The van der Waals surface area contributed by atoms with Crippen LogP contribution in [-0.4, -0.2) is 21.5 Å². The highest BCUT2D eigenvalue weighted by Gasteiger charge is 2.52. The van der Waals surface area contributed by atoms with E-state index in [9.17, 15) is 4.79 Å². The van der Waals surface area contributed by atoms with Gasteiger partial charge in [-0.1, -0.05) is 78.9 Å². The average Bonchev–Trinajstić information content (AvgIpc) is 3.36. The van der Waals surface area contributed by atoms with Gasteiger partial charge in [-0.2, -0.15) is 0 Å². The molecule has 0 atom stereocenters. The van der Waals surface area contributed by atoms with Gasteiger partial charge >= 0.3 is 0 Å². The van der Waals surface area contributed by atoms with Gasteiger partial charge in [0.25, 0.3) is 0 Å². The molecular formula is C27H23N3O. The Kier molecular flexibility index (Phi) is 4.06. The van der Waals surface area contributed by atoms with Gasteiger partial charge in [-0.25, -0.2) is 4.98 Å². The fourth-order valence-corrected chi connectivity index (χ4v) is 5.26. The van der Waals surface area contributed by atoms with Crippen LogP contribution in [0.3, 0.4) is 0 Å². The number of benzene rings is 3. The van der Waals surface area contributed by atoms with Crippen LogP contribution in [0.2, 0.25) is 0 Å². The normalized spacial score (nSPS) is 20.7. The second-order valence-corrected chi connectivity index (χ2v) is 8.64. The Morgan fingerprint density at radius 3 is 2.45 bits per heavy atom. The van der Waals surface area contributed by atoms with E-state index in [1.165, 1.54) is 27.9 Å². The number of imidazole rings is 1. The van der Waals surface area contributed by atoms with Gasteiger partial charge in [0, 0.05) is 11.6 Å². The molecule has 1 spiro atoms. The van der Waals surface area contributed by atoms with Crippen LogP contribution in [0.15, 0.2) is 91.4 Å². The first-order valence-corrected chi connectivity index (χ1v) is 10.8. The smallest absolute Gasteiger partial charge is 0.224 e. The zero-order chi connectivity index (χ0) is 20.8. The summed E-state index contributed by atoms with van der Waals surface area (Å²) >= 11 is 0. The molecule has 31 heavy (non-hydrogen) atoms. The van der Waals surface area contributed by atoms with Crippen molar-refractivity contribution < 1.29 is 4.79 Å².